The zero-order valence-electron chi connectivity index (χ0n) is 17.7. The third-order valence-corrected chi connectivity index (χ3v) is 5.15. The molecular formula is C24H20Cl3N5OS. The van der Waals surface area contributed by atoms with Crippen LogP contribution in [0.15, 0.2) is 101 Å². The van der Waals surface area contributed by atoms with E-state index in [0.29, 0.717) is 11.4 Å². The number of rotatable bonds is 7. The molecule has 0 unspecified atom stereocenters. The summed E-state index contributed by atoms with van der Waals surface area (Å²) < 4.78 is -1.86. The molecule has 0 aromatic heterocycles. The van der Waals surface area contributed by atoms with Gasteiger partial charge in [0.1, 0.15) is 6.17 Å². The van der Waals surface area contributed by atoms with E-state index in [1.54, 1.807) is 30.3 Å². The van der Waals surface area contributed by atoms with Gasteiger partial charge in [-0.2, -0.15) is 10.2 Å². The summed E-state index contributed by atoms with van der Waals surface area (Å²) in [4.78, 5) is 12.3. The van der Waals surface area contributed by atoms with Crippen molar-refractivity contribution in [2.75, 3.05) is 5.32 Å². The molecule has 34 heavy (non-hydrogen) atoms. The lowest BCUT2D eigenvalue weighted by Gasteiger charge is -2.27. The molecule has 3 aromatic carbocycles. The third-order valence-electron chi connectivity index (χ3n) is 4.28. The van der Waals surface area contributed by atoms with E-state index in [4.69, 9.17) is 47.0 Å². The van der Waals surface area contributed by atoms with E-state index in [2.05, 4.69) is 26.2 Å². The van der Waals surface area contributed by atoms with E-state index < -0.39 is 15.9 Å². The summed E-state index contributed by atoms with van der Waals surface area (Å²) in [5, 5.41) is 16.9. The number of halogens is 3. The third kappa shape index (κ3) is 8.76. The second kappa shape index (κ2) is 12.5. The Morgan fingerprint density at radius 2 is 1.38 bits per heavy atom. The van der Waals surface area contributed by atoms with Gasteiger partial charge in [0.2, 0.25) is 9.70 Å². The summed E-state index contributed by atoms with van der Waals surface area (Å²) in [6, 6.07) is 25.9. The summed E-state index contributed by atoms with van der Waals surface area (Å²) in [5.41, 5.74) is 2.97. The lowest BCUT2D eigenvalue weighted by molar-refractivity contribution is -0.117. The highest BCUT2D eigenvalue weighted by molar-refractivity contribution is 7.80. The Hall–Kier alpha value is -2.97. The maximum atomic E-state index is 12.3. The molecule has 0 spiro atoms. The van der Waals surface area contributed by atoms with Crippen LogP contribution in [0.2, 0.25) is 0 Å². The van der Waals surface area contributed by atoms with Gasteiger partial charge in [-0.15, -0.1) is 0 Å². The van der Waals surface area contributed by atoms with Crippen molar-refractivity contribution in [1.82, 2.24) is 10.6 Å². The molecule has 1 atom stereocenters. The number of nitrogens with zero attached hydrogens (tertiary/aromatic N) is 2. The minimum atomic E-state index is -1.86. The second-order valence-electron chi connectivity index (χ2n) is 6.91. The van der Waals surface area contributed by atoms with Gasteiger partial charge in [0.05, 0.1) is 11.4 Å². The monoisotopic (exact) mass is 531 g/mol. The number of amides is 1. The van der Waals surface area contributed by atoms with E-state index in [1.165, 1.54) is 6.08 Å². The van der Waals surface area contributed by atoms with Gasteiger partial charge in [0.25, 0.3) is 0 Å². The largest absolute Gasteiger partial charge is 0.339 e. The predicted molar refractivity (Wildman–Crippen MR) is 144 cm³/mol. The Morgan fingerprint density at radius 3 is 1.97 bits per heavy atom. The van der Waals surface area contributed by atoms with Crippen LogP contribution in [0.4, 0.5) is 17.1 Å². The topological polar surface area (TPSA) is 77.9 Å². The Labute approximate surface area is 218 Å². The fraction of sp³-hybridized carbons (Fsp3) is 0.0833. The number of azo groups is 1. The van der Waals surface area contributed by atoms with Crippen molar-refractivity contribution in [1.29, 1.82) is 0 Å². The number of hydrogen-bond acceptors (Lipinski definition) is 4. The normalized spacial score (nSPS) is 12.4. The van der Waals surface area contributed by atoms with Crippen molar-refractivity contribution in [3.05, 3.63) is 96.6 Å². The van der Waals surface area contributed by atoms with Crippen LogP contribution in [0.5, 0.6) is 0 Å². The van der Waals surface area contributed by atoms with Crippen molar-refractivity contribution in [3.8, 4) is 0 Å². The molecule has 0 saturated heterocycles. The first-order valence-corrected chi connectivity index (χ1v) is 11.6. The number of anilines is 1. The molecule has 0 heterocycles. The molecule has 1 amide bonds. The van der Waals surface area contributed by atoms with E-state index in [0.717, 1.165) is 11.3 Å². The Kier molecular flexibility index (Phi) is 9.42. The summed E-state index contributed by atoms with van der Waals surface area (Å²) in [5.74, 6) is -0.455. The Balaban J connectivity index is 1.56. The quantitative estimate of drug-likeness (QED) is 0.102. The number of benzene rings is 3. The van der Waals surface area contributed by atoms with E-state index in [9.17, 15) is 4.79 Å². The molecule has 0 bridgehead atoms. The average molecular weight is 533 g/mol. The highest BCUT2D eigenvalue weighted by Gasteiger charge is 2.34. The van der Waals surface area contributed by atoms with Gasteiger partial charge in [0, 0.05) is 11.8 Å². The van der Waals surface area contributed by atoms with Crippen LogP contribution in [-0.2, 0) is 4.79 Å². The number of nitrogens with one attached hydrogen (secondary N) is 3. The second-order valence-corrected chi connectivity index (χ2v) is 9.69. The molecule has 0 aliphatic heterocycles. The number of carbonyl (C=O) groups excluding carboxylic acids is 1. The smallest absolute Gasteiger partial charge is 0.245 e. The van der Waals surface area contributed by atoms with Crippen molar-refractivity contribution >= 4 is 81.2 Å². The molecule has 3 aromatic rings. The van der Waals surface area contributed by atoms with Crippen molar-refractivity contribution in [2.24, 2.45) is 10.2 Å². The van der Waals surface area contributed by atoms with Crippen LogP contribution in [0, 0.1) is 0 Å². The van der Waals surface area contributed by atoms with Crippen LogP contribution >= 0.6 is 47.0 Å². The number of hydrogen-bond donors (Lipinski definition) is 3. The summed E-state index contributed by atoms with van der Waals surface area (Å²) >= 11 is 23.4. The van der Waals surface area contributed by atoms with Gasteiger partial charge >= 0.3 is 0 Å². The number of carbonyl (C=O) groups is 1. The molecule has 0 aliphatic carbocycles. The van der Waals surface area contributed by atoms with Gasteiger partial charge in [-0.3, -0.25) is 4.79 Å². The van der Waals surface area contributed by atoms with Crippen LogP contribution in [0.3, 0.4) is 0 Å². The van der Waals surface area contributed by atoms with E-state index >= 15 is 0 Å². The van der Waals surface area contributed by atoms with Gasteiger partial charge in [-0.1, -0.05) is 83.3 Å². The van der Waals surface area contributed by atoms with Crippen LogP contribution in [0.25, 0.3) is 6.08 Å². The van der Waals surface area contributed by atoms with Crippen molar-refractivity contribution in [2.45, 2.75) is 9.96 Å². The maximum absolute atomic E-state index is 12.3. The highest BCUT2D eigenvalue weighted by atomic mass is 35.6. The minimum absolute atomic E-state index is 0.155. The average Bonchev–Trinajstić information content (AvgIpc) is 2.82. The molecule has 3 rings (SSSR count). The van der Waals surface area contributed by atoms with Crippen LogP contribution in [-0.4, -0.2) is 21.0 Å². The standard InChI is InChI=1S/C24H20Cl3N5OS/c25-24(26,27)22(29-21(33)16-11-17-7-3-1-4-8-17)30-23(34)28-18-12-14-20(15-13-18)32-31-19-9-5-2-6-10-19/h1-16,22H,(H,29,33)(H2,28,30,34)/b16-11+,32-31?/t22-/m0/s1. The summed E-state index contributed by atoms with van der Waals surface area (Å²) in [6.07, 6.45) is 1.92. The zero-order valence-corrected chi connectivity index (χ0v) is 20.7. The SMILES string of the molecule is O=C(/C=C/c1ccccc1)N[C@@H](NC(=S)Nc1ccc(N=Nc2ccccc2)cc1)C(Cl)(Cl)Cl. The van der Waals surface area contributed by atoms with E-state index in [-0.39, 0.29) is 5.11 Å². The molecule has 0 fully saturated rings. The van der Waals surface area contributed by atoms with Gasteiger partial charge in [0.15, 0.2) is 5.11 Å². The maximum Gasteiger partial charge on any atom is 0.245 e. The molecule has 0 radical (unpaired) electrons. The fourth-order valence-electron chi connectivity index (χ4n) is 2.65. The predicted octanol–water partition coefficient (Wildman–Crippen LogP) is 6.91. The first-order valence-electron chi connectivity index (χ1n) is 10.0. The van der Waals surface area contributed by atoms with Gasteiger partial charge < -0.3 is 16.0 Å². The van der Waals surface area contributed by atoms with Gasteiger partial charge in [-0.05, 0) is 60.3 Å². The Bertz CT molecular complexity index is 1150. The summed E-state index contributed by atoms with van der Waals surface area (Å²) in [7, 11) is 0. The number of thiocarbonyl (C=S) groups is 1. The molecule has 10 heteroatoms. The lowest BCUT2D eigenvalue weighted by Crippen LogP contribution is -2.55. The number of alkyl halides is 3. The highest BCUT2D eigenvalue weighted by Crippen LogP contribution is 2.29. The van der Waals surface area contributed by atoms with Crippen molar-refractivity contribution in [3.63, 3.8) is 0 Å². The molecule has 0 aliphatic rings. The first-order chi connectivity index (χ1) is 16.3. The minimum Gasteiger partial charge on any atom is -0.339 e. The molecule has 6 nitrogen and oxygen atoms in total. The lowest BCUT2D eigenvalue weighted by atomic mass is 10.2. The Morgan fingerprint density at radius 1 is 0.824 bits per heavy atom. The zero-order chi connectivity index (χ0) is 24.4. The first kappa shape index (κ1) is 25.6. The van der Waals surface area contributed by atoms with Crippen LogP contribution < -0.4 is 16.0 Å². The molecule has 3 N–H and O–H groups in total. The van der Waals surface area contributed by atoms with E-state index in [1.807, 2.05) is 60.7 Å². The van der Waals surface area contributed by atoms with Crippen molar-refractivity contribution < 1.29 is 4.79 Å². The molecule has 0 saturated carbocycles. The van der Waals surface area contributed by atoms with Crippen LogP contribution in [0.1, 0.15) is 5.56 Å². The summed E-state index contributed by atoms with van der Waals surface area (Å²) in [6.45, 7) is 0. The molecule has 174 valence electrons. The van der Waals surface area contributed by atoms with Gasteiger partial charge in [-0.25, -0.2) is 0 Å². The molecular weight excluding hydrogens is 513 g/mol. The fourth-order valence-corrected chi connectivity index (χ4v) is 3.21.